The molecular formula is C28H34N6O5. The molecule has 0 radical (unpaired) electrons. The SMILES string of the molecule is CC(C)(C)OC(=O)N1[C@H](COCc2ccccc2)[C@H]2OC(C)(C)O[C@H]2[C@@H]1c1cc(CC#N)c2c(N)ncnn12. The molecule has 5 rings (SSSR count). The van der Waals surface area contributed by atoms with Gasteiger partial charge in [0.25, 0.3) is 0 Å². The van der Waals surface area contributed by atoms with Gasteiger partial charge in [0.05, 0.1) is 37.4 Å². The molecular weight excluding hydrogens is 500 g/mol. The molecule has 0 aliphatic carbocycles. The van der Waals surface area contributed by atoms with E-state index < -0.39 is 41.8 Å². The molecule has 206 valence electrons. The van der Waals surface area contributed by atoms with Gasteiger partial charge in [-0.05, 0) is 51.8 Å². The highest BCUT2D eigenvalue weighted by molar-refractivity contribution is 5.73. The minimum atomic E-state index is -0.887. The molecule has 0 spiro atoms. The molecule has 2 aromatic heterocycles. The molecule has 2 N–H and O–H groups in total. The van der Waals surface area contributed by atoms with E-state index in [1.807, 2.05) is 71.0 Å². The summed E-state index contributed by atoms with van der Waals surface area (Å²) in [6.45, 7) is 9.71. The minimum absolute atomic E-state index is 0.0980. The van der Waals surface area contributed by atoms with Crippen LogP contribution in [0.1, 0.15) is 57.5 Å². The Hall–Kier alpha value is -3.72. The van der Waals surface area contributed by atoms with Crippen LogP contribution in [0.15, 0.2) is 42.7 Å². The number of carbonyl (C=O) groups is 1. The number of nitrogens with zero attached hydrogens (tertiary/aromatic N) is 5. The van der Waals surface area contributed by atoms with Crippen LogP contribution in [-0.2, 0) is 32.0 Å². The van der Waals surface area contributed by atoms with Gasteiger partial charge in [-0.15, -0.1) is 0 Å². The lowest BCUT2D eigenvalue weighted by Crippen LogP contribution is -2.47. The molecule has 2 fully saturated rings. The van der Waals surface area contributed by atoms with Crippen molar-refractivity contribution in [1.82, 2.24) is 19.5 Å². The fraction of sp³-hybridized carbons (Fsp3) is 0.500. The van der Waals surface area contributed by atoms with Crippen molar-refractivity contribution in [3.05, 3.63) is 59.5 Å². The Morgan fingerprint density at radius 1 is 1.21 bits per heavy atom. The van der Waals surface area contributed by atoms with Crippen molar-refractivity contribution in [3.63, 3.8) is 0 Å². The normalized spacial score (nSPS) is 24.1. The van der Waals surface area contributed by atoms with Crippen LogP contribution in [0, 0.1) is 11.3 Å². The highest BCUT2D eigenvalue weighted by Gasteiger charge is 2.61. The number of carbonyl (C=O) groups excluding carboxylic acids is 1. The number of aromatic nitrogens is 3. The van der Waals surface area contributed by atoms with E-state index in [1.165, 1.54) is 6.33 Å². The molecule has 0 saturated carbocycles. The highest BCUT2D eigenvalue weighted by Crippen LogP contribution is 2.48. The van der Waals surface area contributed by atoms with Gasteiger partial charge in [-0.2, -0.15) is 10.4 Å². The third-order valence-electron chi connectivity index (χ3n) is 6.78. The van der Waals surface area contributed by atoms with Crippen molar-refractivity contribution in [2.75, 3.05) is 12.3 Å². The molecule has 0 unspecified atom stereocenters. The van der Waals surface area contributed by atoms with Crippen LogP contribution in [0.3, 0.4) is 0 Å². The summed E-state index contributed by atoms with van der Waals surface area (Å²) in [5.74, 6) is -0.645. The largest absolute Gasteiger partial charge is 0.444 e. The van der Waals surface area contributed by atoms with E-state index in [0.717, 1.165) is 5.56 Å². The van der Waals surface area contributed by atoms with Crippen molar-refractivity contribution >= 4 is 17.4 Å². The second-order valence-electron chi connectivity index (χ2n) is 11.3. The van der Waals surface area contributed by atoms with Gasteiger partial charge in [-0.25, -0.2) is 14.3 Å². The summed E-state index contributed by atoms with van der Waals surface area (Å²) in [7, 11) is 0. The first kappa shape index (κ1) is 26.9. The predicted octanol–water partition coefficient (Wildman–Crippen LogP) is 3.77. The average molecular weight is 535 g/mol. The molecule has 2 aliphatic rings. The number of hydrogen-bond donors (Lipinski definition) is 1. The van der Waals surface area contributed by atoms with E-state index in [1.54, 1.807) is 9.42 Å². The topological polar surface area (TPSA) is 137 Å². The molecule has 1 aromatic carbocycles. The zero-order valence-electron chi connectivity index (χ0n) is 22.8. The molecule has 39 heavy (non-hydrogen) atoms. The number of fused-ring (bicyclic) bond motifs is 2. The van der Waals surface area contributed by atoms with Crippen molar-refractivity contribution in [2.45, 2.75) is 83.3 Å². The summed E-state index contributed by atoms with van der Waals surface area (Å²) in [6, 6.07) is 12.7. The number of amides is 1. The second-order valence-corrected chi connectivity index (χ2v) is 11.3. The number of nitrogens with two attached hydrogens (primary N) is 1. The van der Waals surface area contributed by atoms with E-state index in [0.29, 0.717) is 23.4 Å². The Bertz CT molecular complexity index is 1390. The smallest absolute Gasteiger partial charge is 0.411 e. The van der Waals surface area contributed by atoms with Crippen LogP contribution in [0.2, 0.25) is 0 Å². The summed E-state index contributed by atoms with van der Waals surface area (Å²) >= 11 is 0. The van der Waals surface area contributed by atoms with Crippen LogP contribution in [-0.4, -0.2) is 61.8 Å². The first-order valence-electron chi connectivity index (χ1n) is 13.0. The van der Waals surface area contributed by atoms with E-state index in [4.69, 9.17) is 24.7 Å². The van der Waals surface area contributed by atoms with Gasteiger partial charge in [0.1, 0.15) is 35.7 Å². The number of nitriles is 1. The molecule has 2 aliphatic heterocycles. The van der Waals surface area contributed by atoms with Gasteiger partial charge in [0.2, 0.25) is 0 Å². The fourth-order valence-corrected chi connectivity index (χ4v) is 5.41. The second kappa shape index (κ2) is 10.1. The summed E-state index contributed by atoms with van der Waals surface area (Å²) in [5, 5.41) is 13.9. The highest BCUT2D eigenvalue weighted by atomic mass is 16.8. The predicted molar refractivity (Wildman–Crippen MR) is 141 cm³/mol. The quantitative estimate of drug-likeness (QED) is 0.501. The standard InChI is InChI=1S/C28H34N6O5/c1-27(2,3)39-26(35)33-20(15-36-14-17-9-7-6-8-10-17)23-24(38-28(4,5)37-23)22(33)19-13-18(11-12-29)21-25(30)31-16-32-34(19)21/h6-10,13,16,20,22-24H,11,14-15H2,1-5H3,(H2,30,31,32)/t20-,22+,23-,24+/m1/s1. The minimum Gasteiger partial charge on any atom is -0.444 e. The Morgan fingerprint density at radius 2 is 1.92 bits per heavy atom. The summed E-state index contributed by atoms with van der Waals surface area (Å²) in [5.41, 5.74) is 8.30. The van der Waals surface area contributed by atoms with Crippen molar-refractivity contribution in [2.24, 2.45) is 0 Å². The first-order chi connectivity index (χ1) is 18.5. The lowest BCUT2D eigenvalue weighted by Gasteiger charge is -2.35. The van der Waals surface area contributed by atoms with Crippen LogP contribution in [0.5, 0.6) is 0 Å². The van der Waals surface area contributed by atoms with Crippen LogP contribution in [0.25, 0.3) is 5.52 Å². The number of ether oxygens (including phenoxy) is 4. The van der Waals surface area contributed by atoms with Gasteiger partial charge < -0.3 is 24.7 Å². The van der Waals surface area contributed by atoms with E-state index in [-0.39, 0.29) is 18.8 Å². The molecule has 4 atom stereocenters. The number of nitrogen functional groups attached to an aromatic ring is 1. The Morgan fingerprint density at radius 3 is 2.62 bits per heavy atom. The Kier molecular flexibility index (Phi) is 6.97. The van der Waals surface area contributed by atoms with Crippen LogP contribution >= 0.6 is 0 Å². The Balaban J connectivity index is 1.59. The van der Waals surface area contributed by atoms with Gasteiger partial charge in [0, 0.05) is 0 Å². The zero-order valence-corrected chi connectivity index (χ0v) is 22.8. The van der Waals surface area contributed by atoms with Crippen LogP contribution < -0.4 is 5.73 Å². The monoisotopic (exact) mass is 534 g/mol. The number of likely N-dealkylation sites (tertiary alicyclic amines) is 1. The van der Waals surface area contributed by atoms with E-state index in [9.17, 15) is 10.1 Å². The lowest BCUT2D eigenvalue weighted by atomic mass is 10.1. The maximum atomic E-state index is 13.8. The summed E-state index contributed by atoms with van der Waals surface area (Å²) < 4.78 is 26.4. The number of benzene rings is 1. The lowest BCUT2D eigenvalue weighted by molar-refractivity contribution is -0.170. The van der Waals surface area contributed by atoms with Gasteiger partial charge in [-0.3, -0.25) is 4.90 Å². The number of anilines is 1. The number of rotatable bonds is 6. The number of hydrogen-bond acceptors (Lipinski definition) is 9. The molecule has 1 amide bonds. The van der Waals surface area contributed by atoms with Crippen LogP contribution in [0.4, 0.5) is 10.6 Å². The van der Waals surface area contributed by atoms with Gasteiger partial charge >= 0.3 is 6.09 Å². The van der Waals surface area contributed by atoms with E-state index >= 15 is 0 Å². The first-order valence-corrected chi connectivity index (χ1v) is 13.0. The average Bonchev–Trinajstić information content (AvgIpc) is 3.46. The third kappa shape index (κ3) is 5.28. The van der Waals surface area contributed by atoms with E-state index in [2.05, 4.69) is 16.2 Å². The van der Waals surface area contributed by atoms with Crippen molar-refractivity contribution in [1.29, 1.82) is 5.26 Å². The zero-order chi connectivity index (χ0) is 27.9. The van der Waals surface area contributed by atoms with Crippen molar-refractivity contribution in [3.8, 4) is 6.07 Å². The molecule has 2 saturated heterocycles. The molecule has 0 bridgehead atoms. The molecule has 3 aromatic rings. The maximum Gasteiger partial charge on any atom is 0.411 e. The third-order valence-corrected chi connectivity index (χ3v) is 6.78. The maximum absolute atomic E-state index is 13.8. The fourth-order valence-electron chi connectivity index (χ4n) is 5.41. The summed E-state index contributed by atoms with van der Waals surface area (Å²) in [4.78, 5) is 19.6. The van der Waals surface area contributed by atoms with Crippen molar-refractivity contribution < 1.29 is 23.7 Å². The molecule has 11 heteroatoms. The summed E-state index contributed by atoms with van der Waals surface area (Å²) in [6.07, 6.45) is -0.137. The molecule has 4 heterocycles. The Labute approximate surface area is 227 Å². The van der Waals surface area contributed by atoms with Gasteiger partial charge in [-0.1, -0.05) is 30.3 Å². The van der Waals surface area contributed by atoms with Gasteiger partial charge in [0.15, 0.2) is 11.6 Å². The molecule has 11 nitrogen and oxygen atoms in total.